The summed E-state index contributed by atoms with van der Waals surface area (Å²) in [6, 6.07) is 27.4. The Morgan fingerprint density at radius 2 is 1.61 bits per heavy atom. The third-order valence-corrected chi connectivity index (χ3v) is 5.66. The van der Waals surface area contributed by atoms with Gasteiger partial charge in [-0.1, -0.05) is 72.8 Å². The van der Waals surface area contributed by atoms with Crippen LogP contribution in [0.4, 0.5) is 0 Å². The number of hydrogen-bond donors (Lipinski definition) is 1. The lowest BCUT2D eigenvalue weighted by Crippen LogP contribution is -2.61. The highest BCUT2D eigenvalue weighted by molar-refractivity contribution is 5.95. The van der Waals surface area contributed by atoms with Crippen molar-refractivity contribution < 1.29 is 14.3 Å². The molecule has 158 valence electrons. The summed E-state index contributed by atoms with van der Waals surface area (Å²) in [7, 11) is 1.60. The number of ether oxygens (including phenoxy) is 1. The standard InChI is InChI=1S/C26H26N2O3/c1-27-25(30)26(18-20-9-8-14-23(17-20)21-10-4-2-5-11-21)19-28(15-16-31-26)24(29)22-12-6-3-7-13-22/h2-14,17H,15-16,18-19H2,1H3,(H,27,30)/t26-/m1/s1. The van der Waals surface area contributed by atoms with E-state index in [1.54, 1.807) is 24.1 Å². The number of amides is 2. The zero-order valence-corrected chi connectivity index (χ0v) is 17.6. The van der Waals surface area contributed by atoms with E-state index in [1.807, 2.05) is 48.5 Å². The SMILES string of the molecule is CNC(=O)[C@@]1(Cc2cccc(-c3ccccc3)c2)CN(C(=O)c2ccccc2)CCO1. The summed E-state index contributed by atoms with van der Waals surface area (Å²) >= 11 is 0. The average molecular weight is 415 g/mol. The highest BCUT2D eigenvalue weighted by atomic mass is 16.5. The van der Waals surface area contributed by atoms with Crippen LogP contribution in [0.3, 0.4) is 0 Å². The first kappa shape index (κ1) is 20.8. The van der Waals surface area contributed by atoms with Crippen molar-refractivity contribution in [2.45, 2.75) is 12.0 Å². The van der Waals surface area contributed by atoms with Gasteiger partial charge in [0.05, 0.1) is 13.2 Å². The van der Waals surface area contributed by atoms with Crippen LogP contribution in [0.5, 0.6) is 0 Å². The van der Waals surface area contributed by atoms with Crippen molar-refractivity contribution >= 4 is 11.8 Å². The van der Waals surface area contributed by atoms with Gasteiger partial charge >= 0.3 is 0 Å². The number of nitrogens with zero attached hydrogens (tertiary/aromatic N) is 1. The molecule has 1 N–H and O–H groups in total. The van der Waals surface area contributed by atoms with E-state index in [2.05, 4.69) is 29.6 Å². The maximum absolute atomic E-state index is 13.0. The van der Waals surface area contributed by atoms with E-state index < -0.39 is 5.60 Å². The molecule has 5 heteroatoms. The van der Waals surface area contributed by atoms with Crippen molar-refractivity contribution in [3.63, 3.8) is 0 Å². The Morgan fingerprint density at radius 3 is 2.32 bits per heavy atom. The summed E-state index contributed by atoms with van der Waals surface area (Å²) in [4.78, 5) is 27.7. The molecule has 3 aromatic carbocycles. The molecule has 0 aliphatic carbocycles. The van der Waals surface area contributed by atoms with Gasteiger partial charge in [-0.2, -0.15) is 0 Å². The van der Waals surface area contributed by atoms with Crippen LogP contribution in [0.25, 0.3) is 11.1 Å². The molecule has 0 spiro atoms. The van der Waals surface area contributed by atoms with Crippen LogP contribution < -0.4 is 5.32 Å². The first-order chi connectivity index (χ1) is 15.1. The maximum Gasteiger partial charge on any atom is 0.254 e. The smallest absolute Gasteiger partial charge is 0.254 e. The number of carbonyl (C=O) groups excluding carboxylic acids is 2. The summed E-state index contributed by atoms with van der Waals surface area (Å²) in [5, 5.41) is 2.74. The number of likely N-dealkylation sites (N-methyl/N-ethyl adjacent to an activating group) is 1. The molecule has 1 atom stereocenters. The normalized spacial score (nSPS) is 18.4. The number of benzene rings is 3. The number of nitrogens with one attached hydrogen (secondary N) is 1. The summed E-state index contributed by atoms with van der Waals surface area (Å²) in [6.07, 6.45) is 0.381. The molecule has 0 radical (unpaired) electrons. The van der Waals surface area contributed by atoms with Crippen LogP contribution >= 0.6 is 0 Å². The van der Waals surface area contributed by atoms with Gasteiger partial charge in [-0.3, -0.25) is 9.59 Å². The third-order valence-electron chi connectivity index (χ3n) is 5.66. The quantitative estimate of drug-likeness (QED) is 0.695. The monoisotopic (exact) mass is 414 g/mol. The Balaban J connectivity index is 1.61. The number of carbonyl (C=O) groups is 2. The highest BCUT2D eigenvalue weighted by Crippen LogP contribution is 2.27. The molecule has 1 aliphatic rings. The Bertz CT molecular complexity index is 1050. The van der Waals surface area contributed by atoms with Crippen LogP contribution in [0.2, 0.25) is 0 Å². The first-order valence-corrected chi connectivity index (χ1v) is 10.5. The van der Waals surface area contributed by atoms with Gasteiger partial charge in [-0.05, 0) is 28.8 Å². The van der Waals surface area contributed by atoms with E-state index in [0.717, 1.165) is 16.7 Å². The van der Waals surface area contributed by atoms with E-state index in [0.29, 0.717) is 25.1 Å². The fourth-order valence-electron chi connectivity index (χ4n) is 4.09. The van der Waals surface area contributed by atoms with Gasteiger partial charge in [0.15, 0.2) is 5.60 Å². The van der Waals surface area contributed by atoms with Gasteiger partial charge in [0.2, 0.25) is 0 Å². The number of hydrogen-bond acceptors (Lipinski definition) is 3. The maximum atomic E-state index is 13.0. The van der Waals surface area contributed by atoms with Crippen molar-refractivity contribution in [3.05, 3.63) is 96.1 Å². The summed E-state index contributed by atoms with van der Waals surface area (Å²) in [5.41, 5.74) is 2.66. The van der Waals surface area contributed by atoms with Crippen LogP contribution in [-0.2, 0) is 16.0 Å². The van der Waals surface area contributed by atoms with Crippen LogP contribution in [0, 0.1) is 0 Å². The van der Waals surface area contributed by atoms with Crippen molar-refractivity contribution in [2.24, 2.45) is 0 Å². The lowest BCUT2D eigenvalue weighted by molar-refractivity contribution is -0.156. The molecule has 2 amide bonds. The Kier molecular flexibility index (Phi) is 6.14. The molecule has 0 saturated carbocycles. The molecular formula is C26H26N2O3. The Labute approximate surface area is 182 Å². The zero-order chi connectivity index (χ0) is 21.7. The van der Waals surface area contributed by atoms with Gasteiger partial charge in [0, 0.05) is 25.6 Å². The fourth-order valence-corrected chi connectivity index (χ4v) is 4.09. The van der Waals surface area contributed by atoms with E-state index in [-0.39, 0.29) is 18.4 Å². The third kappa shape index (κ3) is 4.52. The minimum atomic E-state index is -1.13. The largest absolute Gasteiger partial charge is 0.361 e. The lowest BCUT2D eigenvalue weighted by Gasteiger charge is -2.41. The molecule has 0 aromatic heterocycles. The topological polar surface area (TPSA) is 58.6 Å². The Hall–Kier alpha value is -3.44. The second-order valence-electron chi connectivity index (χ2n) is 7.76. The van der Waals surface area contributed by atoms with Crippen LogP contribution in [0.1, 0.15) is 15.9 Å². The zero-order valence-electron chi connectivity index (χ0n) is 17.6. The molecule has 4 rings (SSSR count). The van der Waals surface area contributed by atoms with Gasteiger partial charge < -0.3 is 15.0 Å². The minimum Gasteiger partial charge on any atom is -0.361 e. The second kappa shape index (κ2) is 9.14. The molecular weight excluding hydrogens is 388 g/mol. The van der Waals surface area contributed by atoms with Gasteiger partial charge in [0.1, 0.15) is 0 Å². The molecule has 5 nitrogen and oxygen atoms in total. The lowest BCUT2D eigenvalue weighted by atomic mass is 9.89. The molecule has 3 aromatic rings. The van der Waals surface area contributed by atoms with Crippen LogP contribution in [0.15, 0.2) is 84.9 Å². The summed E-state index contributed by atoms with van der Waals surface area (Å²) in [5.74, 6) is -0.307. The highest BCUT2D eigenvalue weighted by Gasteiger charge is 2.44. The Morgan fingerprint density at radius 1 is 0.935 bits per heavy atom. The fraction of sp³-hybridized carbons (Fsp3) is 0.231. The van der Waals surface area contributed by atoms with E-state index in [1.165, 1.54) is 0 Å². The number of morpholine rings is 1. The number of rotatable bonds is 5. The second-order valence-corrected chi connectivity index (χ2v) is 7.76. The molecule has 1 saturated heterocycles. The molecule has 0 unspecified atom stereocenters. The van der Waals surface area contributed by atoms with Crippen molar-refractivity contribution in [1.82, 2.24) is 10.2 Å². The van der Waals surface area contributed by atoms with Crippen LogP contribution in [-0.4, -0.2) is 49.1 Å². The molecule has 1 fully saturated rings. The van der Waals surface area contributed by atoms with E-state index in [9.17, 15) is 9.59 Å². The van der Waals surface area contributed by atoms with E-state index >= 15 is 0 Å². The van der Waals surface area contributed by atoms with Gasteiger partial charge in [-0.25, -0.2) is 0 Å². The summed E-state index contributed by atoms with van der Waals surface area (Å²) in [6.45, 7) is 0.969. The van der Waals surface area contributed by atoms with Gasteiger partial charge in [0.25, 0.3) is 11.8 Å². The molecule has 0 bridgehead atoms. The minimum absolute atomic E-state index is 0.0878. The van der Waals surface area contributed by atoms with Crippen molar-refractivity contribution in [3.8, 4) is 11.1 Å². The molecule has 31 heavy (non-hydrogen) atoms. The van der Waals surface area contributed by atoms with Gasteiger partial charge in [-0.15, -0.1) is 0 Å². The molecule has 1 aliphatic heterocycles. The average Bonchev–Trinajstić information content (AvgIpc) is 2.84. The summed E-state index contributed by atoms with van der Waals surface area (Å²) < 4.78 is 6.08. The van der Waals surface area contributed by atoms with Crippen molar-refractivity contribution in [1.29, 1.82) is 0 Å². The van der Waals surface area contributed by atoms with Crippen molar-refractivity contribution in [2.75, 3.05) is 26.7 Å². The first-order valence-electron chi connectivity index (χ1n) is 10.5. The predicted molar refractivity (Wildman–Crippen MR) is 121 cm³/mol. The predicted octanol–water partition coefficient (Wildman–Crippen LogP) is 3.55. The van der Waals surface area contributed by atoms with E-state index in [4.69, 9.17) is 4.74 Å². The molecule has 1 heterocycles.